The first kappa shape index (κ1) is 13.6. The molecule has 5 heteroatoms. The van der Waals surface area contributed by atoms with Gasteiger partial charge in [0.1, 0.15) is 11.3 Å². The Labute approximate surface area is 110 Å². The van der Waals surface area contributed by atoms with Gasteiger partial charge in [-0.25, -0.2) is 4.79 Å². The molecule has 0 spiro atoms. The molecule has 1 aromatic carbocycles. The molecule has 0 aliphatic heterocycles. The van der Waals surface area contributed by atoms with E-state index in [1.165, 1.54) is 6.07 Å². The van der Waals surface area contributed by atoms with Crippen molar-refractivity contribution < 1.29 is 14.3 Å². The van der Waals surface area contributed by atoms with E-state index < -0.39 is 0 Å². The van der Waals surface area contributed by atoms with Gasteiger partial charge in [0.05, 0.1) is 7.11 Å². The number of rotatable bonds is 6. The average molecular weight is 263 g/mol. The Kier molecular flexibility index (Phi) is 4.54. The molecule has 5 nitrogen and oxygen atoms in total. The van der Waals surface area contributed by atoms with E-state index in [4.69, 9.17) is 14.3 Å². The molecule has 0 fully saturated rings. The Morgan fingerprint density at radius 1 is 1.37 bits per heavy atom. The van der Waals surface area contributed by atoms with E-state index in [1.54, 1.807) is 13.2 Å². The highest BCUT2D eigenvalue weighted by Gasteiger charge is 2.06. The number of benzene rings is 1. The first-order valence-electron chi connectivity index (χ1n) is 6.17. The zero-order valence-corrected chi connectivity index (χ0v) is 10.8. The number of hydrogen-bond acceptors (Lipinski definition) is 5. The van der Waals surface area contributed by atoms with Crippen LogP contribution in [0.1, 0.15) is 12.0 Å². The molecule has 0 aliphatic carbocycles. The lowest BCUT2D eigenvalue weighted by Crippen LogP contribution is -2.17. The molecule has 0 amide bonds. The Morgan fingerprint density at radius 3 is 2.95 bits per heavy atom. The maximum atomic E-state index is 11.5. The molecule has 0 saturated heterocycles. The zero-order valence-electron chi connectivity index (χ0n) is 10.8. The second kappa shape index (κ2) is 6.36. The molecule has 1 aromatic heterocycles. The van der Waals surface area contributed by atoms with Gasteiger partial charge >= 0.3 is 5.63 Å². The van der Waals surface area contributed by atoms with Crippen LogP contribution in [0.15, 0.2) is 33.5 Å². The summed E-state index contributed by atoms with van der Waals surface area (Å²) in [5, 5.41) is 12.8. The van der Waals surface area contributed by atoms with E-state index in [9.17, 15) is 4.79 Å². The number of aliphatic hydroxyl groups excluding tert-OH is 1. The summed E-state index contributed by atoms with van der Waals surface area (Å²) in [5.41, 5.74) is 1.03. The molecule has 102 valence electrons. The summed E-state index contributed by atoms with van der Waals surface area (Å²) >= 11 is 0. The topological polar surface area (TPSA) is 71.7 Å². The highest BCUT2D eigenvalue weighted by atomic mass is 16.5. The van der Waals surface area contributed by atoms with Gasteiger partial charge in [0, 0.05) is 30.7 Å². The molecule has 0 radical (unpaired) electrons. The van der Waals surface area contributed by atoms with E-state index in [0.717, 1.165) is 10.9 Å². The Balaban J connectivity index is 2.29. The summed E-state index contributed by atoms with van der Waals surface area (Å²) in [6.07, 6.45) is 0.688. The lowest BCUT2D eigenvalue weighted by Gasteiger charge is -2.07. The number of nitrogens with one attached hydrogen (secondary N) is 1. The van der Waals surface area contributed by atoms with Gasteiger partial charge in [-0.15, -0.1) is 0 Å². The van der Waals surface area contributed by atoms with Crippen LogP contribution in [0.3, 0.4) is 0 Å². The van der Waals surface area contributed by atoms with Gasteiger partial charge in [-0.3, -0.25) is 0 Å². The van der Waals surface area contributed by atoms with Crippen LogP contribution in [0, 0.1) is 0 Å². The van der Waals surface area contributed by atoms with E-state index in [0.29, 0.717) is 30.8 Å². The first-order valence-corrected chi connectivity index (χ1v) is 6.17. The summed E-state index contributed by atoms with van der Waals surface area (Å²) < 4.78 is 10.3. The first-order chi connectivity index (χ1) is 9.24. The molecule has 0 bridgehead atoms. The SMILES string of the molecule is COc1ccc2c(CNCCCO)cc(=O)oc2c1. The molecular weight excluding hydrogens is 246 g/mol. The van der Waals surface area contributed by atoms with Crippen molar-refractivity contribution in [2.75, 3.05) is 20.3 Å². The van der Waals surface area contributed by atoms with Crippen molar-refractivity contribution in [1.29, 1.82) is 0 Å². The van der Waals surface area contributed by atoms with Gasteiger partial charge in [0.15, 0.2) is 0 Å². The van der Waals surface area contributed by atoms with Crippen LogP contribution < -0.4 is 15.7 Å². The molecule has 2 rings (SSSR count). The monoisotopic (exact) mass is 263 g/mol. The number of aliphatic hydroxyl groups is 1. The van der Waals surface area contributed by atoms with Crippen LogP contribution >= 0.6 is 0 Å². The number of fused-ring (bicyclic) bond motifs is 1. The number of ether oxygens (including phenoxy) is 1. The van der Waals surface area contributed by atoms with Crippen LogP contribution in [-0.4, -0.2) is 25.4 Å². The van der Waals surface area contributed by atoms with Gasteiger partial charge in [0.2, 0.25) is 0 Å². The highest BCUT2D eigenvalue weighted by molar-refractivity contribution is 5.81. The quantitative estimate of drug-likeness (QED) is 0.606. The third-order valence-corrected chi connectivity index (χ3v) is 2.86. The second-order valence-electron chi connectivity index (χ2n) is 4.21. The average Bonchev–Trinajstić information content (AvgIpc) is 2.42. The maximum absolute atomic E-state index is 11.5. The maximum Gasteiger partial charge on any atom is 0.336 e. The van der Waals surface area contributed by atoms with E-state index >= 15 is 0 Å². The minimum absolute atomic E-state index is 0.155. The van der Waals surface area contributed by atoms with Crippen molar-refractivity contribution in [3.05, 3.63) is 40.2 Å². The van der Waals surface area contributed by atoms with Crippen molar-refractivity contribution >= 4 is 11.0 Å². The fraction of sp³-hybridized carbons (Fsp3) is 0.357. The van der Waals surface area contributed by atoms with Crippen LogP contribution in [0.2, 0.25) is 0 Å². The van der Waals surface area contributed by atoms with E-state index in [-0.39, 0.29) is 12.2 Å². The van der Waals surface area contributed by atoms with Gasteiger partial charge in [-0.2, -0.15) is 0 Å². The molecule has 0 aliphatic rings. The van der Waals surface area contributed by atoms with Crippen molar-refractivity contribution in [3.63, 3.8) is 0 Å². The van der Waals surface area contributed by atoms with Crippen LogP contribution in [0.25, 0.3) is 11.0 Å². The van der Waals surface area contributed by atoms with E-state index in [1.807, 2.05) is 12.1 Å². The standard InChI is InChI=1S/C14H17NO4/c1-18-11-3-4-12-10(9-15-5-2-6-16)7-14(17)19-13(12)8-11/h3-4,7-8,15-16H,2,5-6,9H2,1H3. The van der Waals surface area contributed by atoms with Crippen molar-refractivity contribution in [2.24, 2.45) is 0 Å². The summed E-state index contributed by atoms with van der Waals surface area (Å²) in [6.45, 7) is 1.42. The largest absolute Gasteiger partial charge is 0.497 e. The molecule has 0 saturated carbocycles. The lowest BCUT2D eigenvalue weighted by molar-refractivity contribution is 0.286. The van der Waals surface area contributed by atoms with Gasteiger partial charge < -0.3 is 19.6 Å². The summed E-state index contributed by atoms with van der Waals surface area (Å²) in [5.74, 6) is 0.654. The normalized spacial score (nSPS) is 10.8. The minimum atomic E-state index is -0.375. The third kappa shape index (κ3) is 3.33. The lowest BCUT2D eigenvalue weighted by atomic mass is 10.1. The minimum Gasteiger partial charge on any atom is -0.497 e. The zero-order chi connectivity index (χ0) is 13.7. The Hall–Kier alpha value is -1.85. The Morgan fingerprint density at radius 2 is 2.21 bits per heavy atom. The third-order valence-electron chi connectivity index (χ3n) is 2.86. The van der Waals surface area contributed by atoms with Crippen LogP contribution in [0.4, 0.5) is 0 Å². The highest BCUT2D eigenvalue weighted by Crippen LogP contribution is 2.22. The van der Waals surface area contributed by atoms with Crippen molar-refractivity contribution in [3.8, 4) is 5.75 Å². The van der Waals surface area contributed by atoms with E-state index in [2.05, 4.69) is 5.32 Å². The molecule has 1 heterocycles. The molecular formula is C14H17NO4. The molecule has 0 unspecified atom stereocenters. The van der Waals surface area contributed by atoms with Crippen LogP contribution in [-0.2, 0) is 6.54 Å². The Bertz CT molecular complexity index is 606. The smallest absolute Gasteiger partial charge is 0.336 e. The molecule has 19 heavy (non-hydrogen) atoms. The van der Waals surface area contributed by atoms with Gasteiger partial charge in [0.25, 0.3) is 0 Å². The summed E-state index contributed by atoms with van der Waals surface area (Å²) in [4.78, 5) is 11.5. The fourth-order valence-corrected chi connectivity index (χ4v) is 1.91. The fourth-order valence-electron chi connectivity index (χ4n) is 1.91. The molecule has 2 aromatic rings. The molecule has 0 atom stereocenters. The van der Waals surface area contributed by atoms with Gasteiger partial charge in [-0.1, -0.05) is 0 Å². The predicted octanol–water partition coefficient (Wildman–Crippen LogP) is 1.27. The predicted molar refractivity (Wildman–Crippen MR) is 72.4 cm³/mol. The van der Waals surface area contributed by atoms with Crippen molar-refractivity contribution in [2.45, 2.75) is 13.0 Å². The van der Waals surface area contributed by atoms with Crippen LogP contribution in [0.5, 0.6) is 5.75 Å². The molecule has 2 N–H and O–H groups in total. The number of methoxy groups -OCH3 is 1. The van der Waals surface area contributed by atoms with Crippen molar-refractivity contribution in [1.82, 2.24) is 5.32 Å². The summed E-state index contributed by atoms with van der Waals surface area (Å²) in [6, 6.07) is 6.90. The van der Waals surface area contributed by atoms with Gasteiger partial charge in [-0.05, 0) is 30.7 Å². The number of hydrogen-bond donors (Lipinski definition) is 2. The second-order valence-corrected chi connectivity index (χ2v) is 4.21. The summed E-state index contributed by atoms with van der Waals surface area (Å²) in [7, 11) is 1.57.